The van der Waals surface area contributed by atoms with E-state index in [1.54, 1.807) is 0 Å². The molecule has 1 rings (SSSR count). The van der Waals surface area contributed by atoms with Crippen LogP contribution in [-0.2, 0) is 6.18 Å². The van der Waals surface area contributed by atoms with E-state index in [4.69, 9.17) is 23.2 Å². The zero-order chi connectivity index (χ0) is 12.3. The summed E-state index contributed by atoms with van der Waals surface area (Å²) in [6.45, 7) is 3.44. The van der Waals surface area contributed by atoms with Crippen LogP contribution in [0.25, 0.3) is 0 Å². The standard InChI is InChI=1S/C10H8Cl2F3N/c1-6(11)5-16-9-3-2-7(12)4-8(9)10(13,14)15/h2-4,16H,1,5H2. The van der Waals surface area contributed by atoms with Crippen molar-refractivity contribution >= 4 is 28.9 Å². The molecule has 1 nitrogen and oxygen atoms in total. The molecule has 0 heterocycles. The van der Waals surface area contributed by atoms with Gasteiger partial charge in [0.05, 0.1) is 12.1 Å². The van der Waals surface area contributed by atoms with Gasteiger partial charge in [-0.25, -0.2) is 0 Å². The Morgan fingerprint density at radius 2 is 2.00 bits per heavy atom. The lowest BCUT2D eigenvalue weighted by atomic mass is 10.1. The van der Waals surface area contributed by atoms with Crippen LogP contribution in [0.4, 0.5) is 18.9 Å². The molecule has 0 atom stereocenters. The van der Waals surface area contributed by atoms with Gasteiger partial charge in [0.2, 0.25) is 0 Å². The number of hydrogen-bond acceptors (Lipinski definition) is 1. The number of rotatable bonds is 3. The number of anilines is 1. The van der Waals surface area contributed by atoms with Crippen molar-refractivity contribution in [3.63, 3.8) is 0 Å². The lowest BCUT2D eigenvalue weighted by molar-refractivity contribution is -0.136. The molecule has 0 fully saturated rings. The van der Waals surface area contributed by atoms with Crippen LogP contribution in [-0.4, -0.2) is 6.54 Å². The Kier molecular flexibility index (Phi) is 4.10. The minimum Gasteiger partial charge on any atom is -0.380 e. The van der Waals surface area contributed by atoms with E-state index in [0.717, 1.165) is 6.07 Å². The average molecular weight is 270 g/mol. The molecule has 6 heteroatoms. The van der Waals surface area contributed by atoms with Crippen molar-refractivity contribution in [2.45, 2.75) is 6.18 Å². The summed E-state index contributed by atoms with van der Waals surface area (Å²) in [6, 6.07) is 3.49. The number of hydrogen-bond donors (Lipinski definition) is 1. The van der Waals surface area contributed by atoms with E-state index >= 15 is 0 Å². The van der Waals surface area contributed by atoms with E-state index in [0.29, 0.717) is 0 Å². The lowest BCUT2D eigenvalue weighted by Gasteiger charge is -2.14. The predicted octanol–water partition coefficient (Wildman–Crippen LogP) is 4.52. The first kappa shape index (κ1) is 13.2. The molecular weight excluding hydrogens is 262 g/mol. The van der Waals surface area contributed by atoms with Gasteiger partial charge in [0, 0.05) is 15.7 Å². The second-order valence-electron chi connectivity index (χ2n) is 3.06. The van der Waals surface area contributed by atoms with E-state index in [9.17, 15) is 13.2 Å². The molecule has 0 aliphatic carbocycles. The van der Waals surface area contributed by atoms with Crippen LogP contribution in [0.15, 0.2) is 29.8 Å². The smallest absolute Gasteiger partial charge is 0.380 e. The Morgan fingerprint density at radius 3 is 2.50 bits per heavy atom. The second kappa shape index (κ2) is 4.97. The highest BCUT2D eigenvalue weighted by Crippen LogP contribution is 2.36. The van der Waals surface area contributed by atoms with Gasteiger partial charge in [-0.3, -0.25) is 0 Å². The number of halogens is 5. The van der Waals surface area contributed by atoms with E-state index in [2.05, 4.69) is 11.9 Å². The molecule has 88 valence electrons. The summed E-state index contributed by atoms with van der Waals surface area (Å²) in [5.74, 6) is 0. The molecule has 0 radical (unpaired) electrons. The molecule has 0 saturated heterocycles. The van der Waals surface area contributed by atoms with Crippen molar-refractivity contribution in [3.8, 4) is 0 Å². The highest BCUT2D eigenvalue weighted by atomic mass is 35.5. The third-order valence-electron chi connectivity index (χ3n) is 1.76. The van der Waals surface area contributed by atoms with Gasteiger partial charge in [0.15, 0.2) is 0 Å². The highest BCUT2D eigenvalue weighted by Gasteiger charge is 2.33. The molecule has 0 aliphatic heterocycles. The van der Waals surface area contributed by atoms with Crippen molar-refractivity contribution in [2.24, 2.45) is 0 Å². The Bertz CT molecular complexity index is 402. The Balaban J connectivity index is 3.03. The van der Waals surface area contributed by atoms with Crippen LogP contribution in [0.1, 0.15) is 5.56 Å². The summed E-state index contributed by atoms with van der Waals surface area (Å²) in [6.07, 6.45) is -4.46. The van der Waals surface area contributed by atoms with Gasteiger partial charge in [-0.2, -0.15) is 13.2 Å². The Hall–Kier alpha value is -0.870. The molecule has 0 saturated carbocycles. The molecule has 0 unspecified atom stereocenters. The van der Waals surface area contributed by atoms with Gasteiger partial charge in [0.1, 0.15) is 0 Å². The SMILES string of the molecule is C=C(Cl)CNc1ccc(Cl)cc1C(F)(F)F. The average Bonchev–Trinajstić information content (AvgIpc) is 2.14. The molecule has 0 aliphatic rings. The quantitative estimate of drug-likeness (QED) is 0.851. The third-order valence-corrected chi connectivity index (χ3v) is 2.13. The van der Waals surface area contributed by atoms with Gasteiger partial charge in [-0.05, 0) is 18.2 Å². The van der Waals surface area contributed by atoms with E-state index in [1.807, 2.05) is 0 Å². The van der Waals surface area contributed by atoms with Gasteiger partial charge in [0.25, 0.3) is 0 Å². The van der Waals surface area contributed by atoms with Crippen LogP contribution in [0, 0.1) is 0 Å². The fraction of sp³-hybridized carbons (Fsp3) is 0.200. The van der Waals surface area contributed by atoms with Crippen LogP contribution in [0.2, 0.25) is 5.02 Å². The van der Waals surface area contributed by atoms with Crippen molar-refractivity contribution in [3.05, 3.63) is 40.4 Å². The Labute approximate surface area is 101 Å². The molecule has 1 aromatic rings. The van der Waals surface area contributed by atoms with Crippen LogP contribution in [0.3, 0.4) is 0 Å². The van der Waals surface area contributed by atoms with Gasteiger partial charge in [-0.1, -0.05) is 29.8 Å². The molecule has 0 spiro atoms. The maximum absolute atomic E-state index is 12.6. The lowest BCUT2D eigenvalue weighted by Crippen LogP contribution is -2.11. The third kappa shape index (κ3) is 3.61. The van der Waals surface area contributed by atoms with E-state index in [1.165, 1.54) is 12.1 Å². The first-order valence-electron chi connectivity index (χ1n) is 4.24. The summed E-state index contributed by atoms with van der Waals surface area (Å²) < 4.78 is 37.8. The second-order valence-corrected chi connectivity index (χ2v) is 4.03. The zero-order valence-electron chi connectivity index (χ0n) is 8.04. The molecule has 0 bridgehead atoms. The fourth-order valence-corrected chi connectivity index (χ4v) is 1.34. The molecule has 0 amide bonds. The fourth-order valence-electron chi connectivity index (χ4n) is 1.10. The van der Waals surface area contributed by atoms with Gasteiger partial charge >= 0.3 is 6.18 Å². The number of nitrogens with one attached hydrogen (secondary N) is 1. The predicted molar refractivity (Wildman–Crippen MR) is 59.9 cm³/mol. The van der Waals surface area contributed by atoms with Crippen LogP contribution < -0.4 is 5.32 Å². The Morgan fingerprint density at radius 1 is 1.38 bits per heavy atom. The normalized spacial score (nSPS) is 11.3. The van der Waals surface area contributed by atoms with E-state index in [-0.39, 0.29) is 22.3 Å². The zero-order valence-corrected chi connectivity index (χ0v) is 9.55. The maximum Gasteiger partial charge on any atom is 0.418 e. The molecular formula is C10H8Cl2F3N. The number of benzene rings is 1. The maximum atomic E-state index is 12.6. The molecule has 16 heavy (non-hydrogen) atoms. The van der Waals surface area contributed by atoms with Crippen molar-refractivity contribution in [1.82, 2.24) is 0 Å². The molecule has 1 aromatic carbocycles. The first-order chi connectivity index (χ1) is 7.30. The summed E-state index contributed by atoms with van der Waals surface area (Å²) in [5.41, 5.74) is -0.892. The van der Waals surface area contributed by atoms with Crippen molar-refractivity contribution < 1.29 is 13.2 Å². The highest BCUT2D eigenvalue weighted by molar-refractivity contribution is 6.30. The van der Waals surface area contributed by atoms with Crippen molar-refractivity contribution in [1.29, 1.82) is 0 Å². The largest absolute Gasteiger partial charge is 0.418 e. The van der Waals surface area contributed by atoms with E-state index < -0.39 is 11.7 Å². The molecule has 0 aromatic heterocycles. The minimum atomic E-state index is -4.46. The molecule has 1 N–H and O–H groups in total. The topological polar surface area (TPSA) is 12.0 Å². The van der Waals surface area contributed by atoms with Gasteiger partial charge in [-0.15, -0.1) is 0 Å². The monoisotopic (exact) mass is 269 g/mol. The summed E-state index contributed by atoms with van der Waals surface area (Å²) >= 11 is 11.0. The van der Waals surface area contributed by atoms with Gasteiger partial charge < -0.3 is 5.32 Å². The minimum absolute atomic E-state index is 0.0302. The summed E-state index contributed by atoms with van der Waals surface area (Å²) in [7, 11) is 0. The van der Waals surface area contributed by atoms with Crippen LogP contribution in [0.5, 0.6) is 0 Å². The van der Waals surface area contributed by atoms with Crippen molar-refractivity contribution in [2.75, 3.05) is 11.9 Å². The number of alkyl halides is 3. The summed E-state index contributed by atoms with van der Waals surface area (Å²) in [5, 5.41) is 2.79. The van der Waals surface area contributed by atoms with Crippen LogP contribution >= 0.6 is 23.2 Å². The first-order valence-corrected chi connectivity index (χ1v) is 5.00. The summed E-state index contributed by atoms with van der Waals surface area (Å²) in [4.78, 5) is 0.